The number of aromatic nitrogens is 2. The van der Waals surface area contributed by atoms with Gasteiger partial charge in [0.1, 0.15) is 11.8 Å². The van der Waals surface area contributed by atoms with Gasteiger partial charge in [-0.25, -0.2) is 14.8 Å². The zero-order chi connectivity index (χ0) is 16.2. The molecule has 0 aliphatic carbocycles. The standard InChI is InChI=1S/C16H15N3O4/c20-15(12-8-18-13(9-17-12)16(21)22)19-11-6-7-23-14(11)10-4-2-1-3-5-10/h1-5,8-9,11,14H,6-7H2,(H,19,20)(H,21,22). The van der Waals surface area contributed by atoms with Crippen LogP contribution in [0, 0.1) is 0 Å². The van der Waals surface area contributed by atoms with Crippen LogP contribution in [0.4, 0.5) is 0 Å². The Bertz CT molecular complexity index is 703. The molecule has 2 N–H and O–H groups in total. The number of carbonyl (C=O) groups excluding carboxylic acids is 1. The van der Waals surface area contributed by atoms with Gasteiger partial charge in [-0.05, 0) is 12.0 Å². The molecule has 1 aromatic heterocycles. The Hall–Kier alpha value is -2.80. The summed E-state index contributed by atoms with van der Waals surface area (Å²) >= 11 is 0. The first-order chi connectivity index (χ1) is 11.1. The van der Waals surface area contributed by atoms with Crippen molar-refractivity contribution in [1.82, 2.24) is 15.3 Å². The molecule has 2 aromatic rings. The fraction of sp³-hybridized carbons (Fsp3) is 0.250. The quantitative estimate of drug-likeness (QED) is 0.885. The second-order valence-electron chi connectivity index (χ2n) is 5.16. The molecule has 2 unspecified atom stereocenters. The van der Waals surface area contributed by atoms with Gasteiger partial charge in [0.05, 0.1) is 18.4 Å². The predicted octanol–water partition coefficient (Wildman–Crippen LogP) is 1.43. The number of ether oxygens (including phenoxy) is 1. The van der Waals surface area contributed by atoms with Gasteiger partial charge in [0.25, 0.3) is 5.91 Å². The Morgan fingerprint density at radius 3 is 2.48 bits per heavy atom. The van der Waals surface area contributed by atoms with Gasteiger partial charge >= 0.3 is 5.97 Å². The Morgan fingerprint density at radius 1 is 1.13 bits per heavy atom. The van der Waals surface area contributed by atoms with E-state index in [-0.39, 0.29) is 23.5 Å². The van der Waals surface area contributed by atoms with Crippen molar-refractivity contribution in [2.24, 2.45) is 0 Å². The van der Waals surface area contributed by atoms with Gasteiger partial charge in [-0.15, -0.1) is 0 Å². The topological polar surface area (TPSA) is 101 Å². The number of nitrogens with one attached hydrogen (secondary N) is 1. The Kier molecular flexibility index (Phi) is 4.29. The molecule has 1 aliphatic heterocycles. The van der Waals surface area contributed by atoms with E-state index in [0.717, 1.165) is 18.0 Å². The number of rotatable bonds is 4. The third-order valence-corrected chi connectivity index (χ3v) is 3.64. The zero-order valence-corrected chi connectivity index (χ0v) is 12.2. The highest BCUT2D eigenvalue weighted by Crippen LogP contribution is 2.29. The smallest absolute Gasteiger partial charge is 0.356 e. The molecule has 1 saturated heterocycles. The SMILES string of the molecule is O=C(O)c1cnc(C(=O)NC2CCOC2c2ccccc2)cn1. The minimum Gasteiger partial charge on any atom is -0.476 e. The van der Waals surface area contributed by atoms with Crippen LogP contribution in [0.5, 0.6) is 0 Å². The molecule has 7 nitrogen and oxygen atoms in total. The van der Waals surface area contributed by atoms with Crippen molar-refractivity contribution < 1.29 is 19.4 Å². The average Bonchev–Trinajstić information content (AvgIpc) is 3.04. The highest BCUT2D eigenvalue weighted by Gasteiger charge is 2.31. The molecule has 3 rings (SSSR count). The molecule has 7 heteroatoms. The van der Waals surface area contributed by atoms with Crippen LogP contribution in [0.1, 0.15) is 39.1 Å². The Morgan fingerprint density at radius 2 is 1.83 bits per heavy atom. The predicted molar refractivity (Wildman–Crippen MR) is 80.0 cm³/mol. The van der Waals surface area contributed by atoms with Gasteiger partial charge < -0.3 is 15.2 Å². The van der Waals surface area contributed by atoms with Gasteiger partial charge in [-0.1, -0.05) is 30.3 Å². The van der Waals surface area contributed by atoms with E-state index in [0.29, 0.717) is 13.0 Å². The molecule has 0 spiro atoms. The molecular formula is C16H15N3O4. The number of hydrogen-bond donors (Lipinski definition) is 2. The fourth-order valence-corrected chi connectivity index (χ4v) is 2.51. The molecule has 0 bridgehead atoms. The third-order valence-electron chi connectivity index (χ3n) is 3.64. The first kappa shape index (κ1) is 15.1. The van der Waals surface area contributed by atoms with E-state index < -0.39 is 11.9 Å². The Labute approximate surface area is 132 Å². The number of amides is 1. The van der Waals surface area contributed by atoms with E-state index >= 15 is 0 Å². The zero-order valence-electron chi connectivity index (χ0n) is 12.2. The maximum absolute atomic E-state index is 12.2. The second-order valence-corrected chi connectivity index (χ2v) is 5.16. The summed E-state index contributed by atoms with van der Waals surface area (Å²) in [5.74, 6) is -1.58. The van der Waals surface area contributed by atoms with Gasteiger partial charge in [0.2, 0.25) is 0 Å². The number of carbonyl (C=O) groups is 2. The molecule has 1 amide bonds. The van der Waals surface area contributed by atoms with Crippen molar-refractivity contribution in [3.8, 4) is 0 Å². The largest absolute Gasteiger partial charge is 0.476 e. The van der Waals surface area contributed by atoms with E-state index in [1.165, 1.54) is 0 Å². The number of aromatic carboxylic acids is 1. The van der Waals surface area contributed by atoms with Crippen molar-refractivity contribution in [2.75, 3.05) is 6.61 Å². The summed E-state index contributed by atoms with van der Waals surface area (Å²) in [4.78, 5) is 30.5. The van der Waals surface area contributed by atoms with Gasteiger partial charge in [-0.2, -0.15) is 0 Å². The maximum atomic E-state index is 12.2. The maximum Gasteiger partial charge on any atom is 0.356 e. The number of carboxylic acid groups (broad SMARTS) is 1. The molecule has 1 aromatic carbocycles. The molecule has 23 heavy (non-hydrogen) atoms. The molecule has 2 heterocycles. The molecule has 0 radical (unpaired) electrons. The fourth-order valence-electron chi connectivity index (χ4n) is 2.51. The molecule has 1 aliphatic rings. The van der Waals surface area contributed by atoms with Gasteiger partial charge in [0.15, 0.2) is 5.69 Å². The van der Waals surface area contributed by atoms with Crippen LogP contribution >= 0.6 is 0 Å². The van der Waals surface area contributed by atoms with E-state index in [1.54, 1.807) is 0 Å². The summed E-state index contributed by atoms with van der Waals surface area (Å²) in [5.41, 5.74) is 0.879. The van der Waals surface area contributed by atoms with Gasteiger partial charge in [0, 0.05) is 6.61 Å². The molecule has 118 valence electrons. The molecule has 2 atom stereocenters. The lowest BCUT2D eigenvalue weighted by Crippen LogP contribution is -2.37. The first-order valence-electron chi connectivity index (χ1n) is 7.18. The molecule has 1 fully saturated rings. The second kappa shape index (κ2) is 6.53. The van der Waals surface area contributed by atoms with Crippen molar-refractivity contribution in [1.29, 1.82) is 0 Å². The summed E-state index contributed by atoms with van der Waals surface area (Å²) < 4.78 is 5.71. The molecular weight excluding hydrogens is 298 g/mol. The number of benzene rings is 1. The molecule has 0 saturated carbocycles. The lowest BCUT2D eigenvalue weighted by Gasteiger charge is -2.20. The van der Waals surface area contributed by atoms with Crippen LogP contribution in [0.2, 0.25) is 0 Å². The van der Waals surface area contributed by atoms with Crippen LogP contribution in [-0.4, -0.2) is 39.6 Å². The summed E-state index contributed by atoms with van der Waals surface area (Å²) in [6, 6.07) is 9.52. The van der Waals surface area contributed by atoms with E-state index in [9.17, 15) is 9.59 Å². The number of nitrogens with zero attached hydrogens (tertiary/aromatic N) is 2. The normalized spacial score (nSPS) is 20.2. The van der Waals surface area contributed by atoms with Crippen molar-refractivity contribution in [3.05, 3.63) is 59.7 Å². The Balaban J connectivity index is 1.70. The summed E-state index contributed by atoms with van der Waals surface area (Å²) in [6.07, 6.45) is 2.72. The highest BCUT2D eigenvalue weighted by molar-refractivity contribution is 5.93. The lowest BCUT2D eigenvalue weighted by molar-refractivity contribution is 0.0688. The first-order valence-corrected chi connectivity index (χ1v) is 7.18. The summed E-state index contributed by atoms with van der Waals surface area (Å²) in [6.45, 7) is 0.564. The van der Waals surface area contributed by atoms with E-state index in [1.807, 2.05) is 30.3 Å². The third kappa shape index (κ3) is 3.35. The minimum absolute atomic E-state index is 0.0775. The summed E-state index contributed by atoms with van der Waals surface area (Å²) in [5, 5.41) is 11.7. The number of hydrogen-bond acceptors (Lipinski definition) is 5. The highest BCUT2D eigenvalue weighted by atomic mass is 16.5. The minimum atomic E-state index is -1.18. The van der Waals surface area contributed by atoms with E-state index in [4.69, 9.17) is 9.84 Å². The van der Waals surface area contributed by atoms with Crippen LogP contribution in [0.3, 0.4) is 0 Å². The van der Waals surface area contributed by atoms with Crippen LogP contribution in [-0.2, 0) is 4.74 Å². The summed E-state index contributed by atoms with van der Waals surface area (Å²) in [7, 11) is 0. The monoisotopic (exact) mass is 313 g/mol. The van der Waals surface area contributed by atoms with E-state index in [2.05, 4.69) is 15.3 Å². The lowest BCUT2D eigenvalue weighted by atomic mass is 10.0. The number of carboxylic acids is 1. The van der Waals surface area contributed by atoms with Crippen molar-refractivity contribution in [2.45, 2.75) is 18.6 Å². The van der Waals surface area contributed by atoms with Crippen LogP contribution in [0.15, 0.2) is 42.7 Å². The van der Waals surface area contributed by atoms with Crippen LogP contribution in [0.25, 0.3) is 0 Å². The average molecular weight is 313 g/mol. The van der Waals surface area contributed by atoms with Crippen molar-refractivity contribution >= 4 is 11.9 Å². The van der Waals surface area contributed by atoms with Crippen molar-refractivity contribution in [3.63, 3.8) is 0 Å². The van der Waals surface area contributed by atoms with Gasteiger partial charge in [-0.3, -0.25) is 4.79 Å². The van der Waals surface area contributed by atoms with Crippen LogP contribution < -0.4 is 5.32 Å².